The molecule has 0 saturated heterocycles. The summed E-state index contributed by atoms with van der Waals surface area (Å²) in [6.07, 6.45) is 15.1. The Morgan fingerprint density at radius 2 is 1.25 bits per heavy atom. The maximum Gasteiger partial charge on any atom is -0.0324 e. The van der Waals surface area contributed by atoms with Crippen molar-refractivity contribution >= 4 is 0 Å². The van der Waals surface area contributed by atoms with Crippen LogP contribution >= 0.6 is 0 Å². The van der Waals surface area contributed by atoms with Gasteiger partial charge in [0.25, 0.3) is 0 Å². The van der Waals surface area contributed by atoms with Gasteiger partial charge in [0, 0.05) is 0 Å². The molecule has 0 aliphatic rings. The van der Waals surface area contributed by atoms with E-state index in [9.17, 15) is 0 Å². The Bertz CT molecular complexity index is 128. The van der Waals surface area contributed by atoms with Gasteiger partial charge < -0.3 is 0 Å². The van der Waals surface area contributed by atoms with E-state index in [1.54, 1.807) is 0 Å². The normalized spacial score (nSPS) is 15.0. The van der Waals surface area contributed by atoms with E-state index < -0.39 is 0 Å². The van der Waals surface area contributed by atoms with Crippen LogP contribution in [-0.4, -0.2) is 0 Å². The van der Waals surface area contributed by atoms with Crippen molar-refractivity contribution in [1.29, 1.82) is 0 Å². The summed E-state index contributed by atoms with van der Waals surface area (Å²) in [6, 6.07) is 0. The molecule has 0 bridgehead atoms. The maximum atomic E-state index is 2.69. The molecular formula is C16H33. The van der Waals surface area contributed by atoms with E-state index in [4.69, 9.17) is 0 Å². The SMILES string of the molecule is CCCCC([CH]C(CCC)CCCC)CC. The van der Waals surface area contributed by atoms with Crippen molar-refractivity contribution in [3.8, 4) is 0 Å². The summed E-state index contributed by atoms with van der Waals surface area (Å²) in [5, 5.41) is 0. The molecule has 0 aromatic rings. The molecule has 2 unspecified atom stereocenters. The summed E-state index contributed by atoms with van der Waals surface area (Å²) in [4.78, 5) is 0. The van der Waals surface area contributed by atoms with Gasteiger partial charge in [-0.05, 0) is 18.3 Å². The molecule has 0 heteroatoms. The summed E-state index contributed by atoms with van der Waals surface area (Å²) < 4.78 is 0. The van der Waals surface area contributed by atoms with Crippen LogP contribution in [0.15, 0.2) is 0 Å². The van der Waals surface area contributed by atoms with Gasteiger partial charge in [0.1, 0.15) is 0 Å². The van der Waals surface area contributed by atoms with E-state index in [0.717, 1.165) is 11.8 Å². The van der Waals surface area contributed by atoms with Gasteiger partial charge in [-0.15, -0.1) is 0 Å². The largest absolute Gasteiger partial charge is 0.0654 e. The molecule has 0 heterocycles. The fraction of sp³-hybridized carbons (Fsp3) is 0.938. The second-order valence-electron chi connectivity index (χ2n) is 5.19. The van der Waals surface area contributed by atoms with E-state index in [1.165, 1.54) is 57.8 Å². The summed E-state index contributed by atoms with van der Waals surface area (Å²) >= 11 is 0. The highest BCUT2D eigenvalue weighted by molar-refractivity contribution is 4.83. The molecule has 2 atom stereocenters. The topological polar surface area (TPSA) is 0 Å². The molecule has 0 fully saturated rings. The Labute approximate surface area is 104 Å². The minimum atomic E-state index is 0.883. The van der Waals surface area contributed by atoms with Crippen molar-refractivity contribution in [3.05, 3.63) is 6.42 Å². The summed E-state index contributed by atoms with van der Waals surface area (Å²) in [5.74, 6) is 1.78. The van der Waals surface area contributed by atoms with Crippen LogP contribution in [0.5, 0.6) is 0 Å². The van der Waals surface area contributed by atoms with Crippen LogP contribution in [0, 0.1) is 18.3 Å². The Balaban J connectivity index is 3.90. The standard InChI is InChI=1S/C16H33/c1-5-9-12-15(8-4)14-16(11-7-3)13-10-6-2/h14-16H,5-13H2,1-4H3. The lowest BCUT2D eigenvalue weighted by molar-refractivity contribution is 0.396. The van der Waals surface area contributed by atoms with Crippen LogP contribution in [0.25, 0.3) is 0 Å². The zero-order valence-electron chi connectivity index (χ0n) is 12.1. The smallest absolute Gasteiger partial charge is 0.0324 e. The molecule has 0 rings (SSSR count). The highest BCUT2D eigenvalue weighted by Crippen LogP contribution is 2.26. The van der Waals surface area contributed by atoms with Gasteiger partial charge in [0.05, 0.1) is 0 Å². The molecule has 1 radical (unpaired) electrons. The third kappa shape index (κ3) is 8.19. The van der Waals surface area contributed by atoms with Crippen LogP contribution in [0.1, 0.15) is 85.5 Å². The minimum Gasteiger partial charge on any atom is -0.0654 e. The van der Waals surface area contributed by atoms with Crippen LogP contribution in [0.3, 0.4) is 0 Å². The Kier molecular flexibility index (Phi) is 11.5. The molecule has 0 spiro atoms. The lowest BCUT2D eigenvalue weighted by atomic mass is 9.84. The monoisotopic (exact) mass is 225 g/mol. The molecule has 97 valence electrons. The van der Waals surface area contributed by atoms with Gasteiger partial charge in [0.15, 0.2) is 0 Å². The van der Waals surface area contributed by atoms with Crippen molar-refractivity contribution in [3.63, 3.8) is 0 Å². The second kappa shape index (κ2) is 11.5. The first-order chi connectivity index (χ1) is 7.78. The molecule has 0 nitrogen and oxygen atoms in total. The number of unbranched alkanes of at least 4 members (excludes halogenated alkanes) is 2. The van der Waals surface area contributed by atoms with Crippen molar-refractivity contribution in [1.82, 2.24) is 0 Å². The number of hydrogen-bond donors (Lipinski definition) is 0. The Morgan fingerprint density at radius 1 is 0.688 bits per heavy atom. The highest BCUT2D eigenvalue weighted by atomic mass is 14.2. The first-order valence-electron chi connectivity index (χ1n) is 7.63. The summed E-state index contributed by atoms with van der Waals surface area (Å²) in [6.45, 7) is 9.27. The molecule has 0 saturated carbocycles. The fourth-order valence-corrected chi connectivity index (χ4v) is 2.46. The van der Waals surface area contributed by atoms with Gasteiger partial charge >= 0.3 is 0 Å². The molecule has 0 aromatic carbocycles. The fourth-order valence-electron chi connectivity index (χ4n) is 2.46. The average Bonchev–Trinajstić information content (AvgIpc) is 2.31. The molecule has 16 heavy (non-hydrogen) atoms. The highest BCUT2D eigenvalue weighted by Gasteiger charge is 2.14. The first-order valence-corrected chi connectivity index (χ1v) is 7.63. The third-order valence-electron chi connectivity index (χ3n) is 3.59. The van der Waals surface area contributed by atoms with Gasteiger partial charge in [-0.25, -0.2) is 0 Å². The lowest BCUT2D eigenvalue weighted by Gasteiger charge is -2.22. The first kappa shape index (κ1) is 16.0. The summed E-state index contributed by atoms with van der Waals surface area (Å²) in [7, 11) is 0. The Hall–Kier alpha value is 0. The number of hydrogen-bond acceptors (Lipinski definition) is 0. The quantitative estimate of drug-likeness (QED) is 0.404. The van der Waals surface area contributed by atoms with E-state index in [1.807, 2.05) is 0 Å². The van der Waals surface area contributed by atoms with Crippen molar-refractivity contribution in [2.75, 3.05) is 0 Å². The molecule has 0 amide bonds. The van der Waals surface area contributed by atoms with Crippen molar-refractivity contribution < 1.29 is 0 Å². The predicted molar refractivity (Wildman–Crippen MR) is 75.5 cm³/mol. The van der Waals surface area contributed by atoms with E-state index >= 15 is 0 Å². The number of rotatable bonds is 11. The molecular weight excluding hydrogens is 192 g/mol. The molecule has 0 aliphatic carbocycles. The van der Waals surface area contributed by atoms with Gasteiger partial charge in [-0.2, -0.15) is 0 Å². The third-order valence-corrected chi connectivity index (χ3v) is 3.59. The van der Waals surface area contributed by atoms with Gasteiger partial charge in [-0.3, -0.25) is 0 Å². The van der Waals surface area contributed by atoms with E-state index in [0.29, 0.717) is 0 Å². The maximum absolute atomic E-state index is 2.69. The molecule has 0 aliphatic heterocycles. The van der Waals surface area contributed by atoms with Crippen molar-refractivity contribution in [2.24, 2.45) is 11.8 Å². The average molecular weight is 225 g/mol. The Morgan fingerprint density at radius 3 is 1.69 bits per heavy atom. The van der Waals surface area contributed by atoms with Gasteiger partial charge in [-0.1, -0.05) is 85.5 Å². The van der Waals surface area contributed by atoms with Crippen molar-refractivity contribution in [2.45, 2.75) is 85.5 Å². The molecule has 0 N–H and O–H groups in total. The van der Waals surface area contributed by atoms with E-state index in [2.05, 4.69) is 34.1 Å². The molecule has 0 aromatic heterocycles. The zero-order chi connectivity index (χ0) is 12.2. The van der Waals surface area contributed by atoms with Crippen LogP contribution in [0.4, 0.5) is 0 Å². The predicted octanol–water partition coefficient (Wildman–Crippen LogP) is 6.01. The van der Waals surface area contributed by atoms with Gasteiger partial charge in [0.2, 0.25) is 0 Å². The summed E-state index contributed by atoms with van der Waals surface area (Å²) in [5.41, 5.74) is 0. The zero-order valence-corrected chi connectivity index (χ0v) is 12.1. The van der Waals surface area contributed by atoms with Crippen LogP contribution < -0.4 is 0 Å². The van der Waals surface area contributed by atoms with Crippen LogP contribution in [-0.2, 0) is 0 Å². The second-order valence-corrected chi connectivity index (χ2v) is 5.19. The van der Waals surface area contributed by atoms with E-state index in [-0.39, 0.29) is 0 Å². The lowest BCUT2D eigenvalue weighted by Crippen LogP contribution is -2.10. The minimum absolute atomic E-state index is 0.883. The van der Waals surface area contributed by atoms with Crippen LogP contribution in [0.2, 0.25) is 0 Å².